The van der Waals surface area contributed by atoms with Crippen LogP contribution in [-0.4, -0.2) is 36.4 Å². The molecule has 0 aromatic heterocycles. The Labute approximate surface area is 135 Å². The van der Waals surface area contributed by atoms with Crippen LogP contribution >= 0.6 is 11.6 Å². The highest BCUT2D eigenvalue weighted by atomic mass is 35.5. The van der Waals surface area contributed by atoms with Gasteiger partial charge in [0.05, 0.1) is 9.95 Å². The predicted octanol–water partition coefficient (Wildman–Crippen LogP) is 0.245. The number of carbonyl (C=O) groups excluding carboxylic acids is 1. The van der Waals surface area contributed by atoms with Crippen LogP contribution < -0.4 is 10.5 Å². The number of carboxylic acids is 1. The van der Waals surface area contributed by atoms with Crippen molar-refractivity contribution in [3.8, 4) is 0 Å². The first-order chi connectivity index (χ1) is 10.5. The molecule has 0 radical (unpaired) electrons. The molecule has 1 rings (SSSR count). The van der Waals surface area contributed by atoms with Gasteiger partial charge in [0.25, 0.3) is 5.69 Å². The molecule has 0 heterocycles. The van der Waals surface area contributed by atoms with Gasteiger partial charge in [-0.3, -0.25) is 19.7 Å². The van der Waals surface area contributed by atoms with E-state index in [1.54, 1.807) is 0 Å². The van der Waals surface area contributed by atoms with E-state index in [1.165, 1.54) is 0 Å². The first kappa shape index (κ1) is 18.8. The summed E-state index contributed by atoms with van der Waals surface area (Å²) >= 11 is 5.71. The number of nitro benzene ring substituents is 1. The van der Waals surface area contributed by atoms with Gasteiger partial charge in [-0.25, -0.2) is 8.42 Å². The Morgan fingerprint density at radius 2 is 2.04 bits per heavy atom. The van der Waals surface area contributed by atoms with Crippen LogP contribution in [0.15, 0.2) is 23.1 Å². The zero-order valence-electron chi connectivity index (χ0n) is 11.4. The Balaban J connectivity index is 3.14. The zero-order chi connectivity index (χ0) is 17.8. The van der Waals surface area contributed by atoms with E-state index in [0.717, 1.165) is 12.1 Å². The second-order valence-electron chi connectivity index (χ2n) is 4.39. The van der Waals surface area contributed by atoms with Gasteiger partial charge in [0.2, 0.25) is 15.9 Å². The van der Waals surface area contributed by atoms with E-state index in [1.807, 2.05) is 4.72 Å². The highest BCUT2D eigenvalue weighted by Crippen LogP contribution is 2.26. The van der Waals surface area contributed by atoms with Gasteiger partial charge in [-0.2, -0.15) is 4.72 Å². The van der Waals surface area contributed by atoms with Crippen molar-refractivity contribution in [1.29, 1.82) is 0 Å². The molecule has 0 saturated carbocycles. The molecule has 0 saturated heterocycles. The number of hydrogen-bond donors (Lipinski definition) is 3. The number of hydrogen-bond acceptors (Lipinski definition) is 6. The molecule has 4 N–H and O–H groups in total. The fourth-order valence-corrected chi connectivity index (χ4v) is 3.32. The number of non-ortho nitro benzene ring substituents is 1. The number of nitrogens with two attached hydrogens (primary N) is 1. The lowest BCUT2D eigenvalue weighted by atomic mass is 10.2. The number of amides is 1. The summed E-state index contributed by atoms with van der Waals surface area (Å²) in [6, 6.07) is 1.08. The average Bonchev–Trinajstić information content (AvgIpc) is 2.42. The standard InChI is InChI=1S/C11H12ClN3O7S/c12-7-2-1-6(15(19)20)5-9(7)23(21,22)14-8(11(17)18)3-4-10(13)16/h1-2,5,8,14H,3-4H2,(H2,13,16)(H,17,18). The van der Waals surface area contributed by atoms with Gasteiger partial charge in [-0.15, -0.1) is 0 Å². The van der Waals surface area contributed by atoms with Gasteiger partial charge >= 0.3 is 5.97 Å². The zero-order valence-corrected chi connectivity index (χ0v) is 13.0. The summed E-state index contributed by atoms with van der Waals surface area (Å²) in [5, 5.41) is 19.4. The lowest BCUT2D eigenvalue weighted by Gasteiger charge is -2.14. The van der Waals surface area contributed by atoms with Gasteiger partial charge in [0.1, 0.15) is 10.9 Å². The Morgan fingerprint density at radius 3 is 2.52 bits per heavy atom. The van der Waals surface area contributed by atoms with E-state index in [2.05, 4.69) is 0 Å². The summed E-state index contributed by atoms with van der Waals surface area (Å²) in [6.07, 6.45) is -0.738. The van der Waals surface area contributed by atoms with Gasteiger partial charge < -0.3 is 10.8 Å². The second kappa shape index (κ2) is 7.35. The van der Waals surface area contributed by atoms with Crippen LogP contribution in [0.3, 0.4) is 0 Å². The quantitative estimate of drug-likeness (QED) is 0.437. The number of carboxylic acid groups (broad SMARTS) is 1. The molecule has 1 amide bonds. The number of aliphatic carboxylic acids is 1. The van der Waals surface area contributed by atoms with E-state index in [4.69, 9.17) is 22.4 Å². The van der Waals surface area contributed by atoms with Crippen molar-refractivity contribution >= 4 is 39.2 Å². The summed E-state index contributed by atoms with van der Waals surface area (Å²) in [5.74, 6) is -2.33. The van der Waals surface area contributed by atoms with Crippen LogP contribution in [0.5, 0.6) is 0 Å². The number of primary amides is 1. The van der Waals surface area contributed by atoms with Crippen LogP contribution in [0.1, 0.15) is 12.8 Å². The Bertz CT molecular complexity index is 750. The Kier molecular flexibility index (Phi) is 6.01. The first-order valence-electron chi connectivity index (χ1n) is 6.02. The smallest absolute Gasteiger partial charge is 0.321 e. The maximum Gasteiger partial charge on any atom is 0.321 e. The van der Waals surface area contributed by atoms with Crippen LogP contribution in [0, 0.1) is 10.1 Å². The maximum atomic E-state index is 12.2. The minimum Gasteiger partial charge on any atom is -0.480 e. The molecule has 12 heteroatoms. The minimum atomic E-state index is -4.46. The van der Waals surface area contributed by atoms with E-state index >= 15 is 0 Å². The molecule has 23 heavy (non-hydrogen) atoms. The van der Waals surface area contributed by atoms with Gasteiger partial charge in [-0.05, 0) is 12.5 Å². The normalized spacial score (nSPS) is 12.6. The topological polar surface area (TPSA) is 170 Å². The van der Waals surface area contributed by atoms with Crippen molar-refractivity contribution in [3.63, 3.8) is 0 Å². The fraction of sp³-hybridized carbons (Fsp3) is 0.273. The number of benzene rings is 1. The summed E-state index contributed by atoms with van der Waals surface area (Å²) in [7, 11) is -4.46. The lowest BCUT2D eigenvalue weighted by molar-refractivity contribution is -0.385. The first-order valence-corrected chi connectivity index (χ1v) is 7.88. The van der Waals surface area contributed by atoms with Crippen molar-refractivity contribution in [2.45, 2.75) is 23.8 Å². The van der Waals surface area contributed by atoms with Crippen LogP contribution in [0.4, 0.5) is 5.69 Å². The van der Waals surface area contributed by atoms with E-state index < -0.39 is 43.4 Å². The number of nitrogens with zero attached hydrogens (tertiary/aromatic N) is 1. The molecule has 126 valence electrons. The molecule has 0 aliphatic carbocycles. The van der Waals surface area contributed by atoms with E-state index in [0.29, 0.717) is 6.07 Å². The van der Waals surface area contributed by atoms with Gasteiger partial charge in [0, 0.05) is 18.6 Å². The summed E-state index contributed by atoms with van der Waals surface area (Å²) in [5.41, 5.74) is 4.36. The summed E-state index contributed by atoms with van der Waals surface area (Å²) in [4.78, 5) is 31.0. The minimum absolute atomic E-state index is 0.317. The third-order valence-electron chi connectivity index (χ3n) is 2.69. The van der Waals surface area contributed by atoms with E-state index in [-0.39, 0.29) is 17.9 Å². The molecule has 1 aromatic rings. The highest BCUT2D eigenvalue weighted by Gasteiger charge is 2.28. The fourth-order valence-electron chi connectivity index (χ4n) is 1.58. The molecular weight excluding hydrogens is 354 g/mol. The second-order valence-corrected chi connectivity index (χ2v) is 6.48. The monoisotopic (exact) mass is 365 g/mol. The molecule has 0 bridgehead atoms. The van der Waals surface area contributed by atoms with Crippen molar-refractivity contribution in [2.75, 3.05) is 0 Å². The lowest BCUT2D eigenvalue weighted by Crippen LogP contribution is -2.41. The van der Waals surface area contributed by atoms with E-state index in [9.17, 15) is 28.1 Å². The summed E-state index contributed by atoms with van der Waals surface area (Å²) < 4.78 is 26.2. The molecule has 0 aliphatic rings. The summed E-state index contributed by atoms with van der Waals surface area (Å²) in [6.45, 7) is 0. The molecule has 1 atom stereocenters. The van der Waals surface area contributed by atoms with Crippen molar-refractivity contribution in [1.82, 2.24) is 4.72 Å². The highest BCUT2D eigenvalue weighted by molar-refractivity contribution is 7.89. The largest absolute Gasteiger partial charge is 0.480 e. The maximum absolute atomic E-state index is 12.2. The molecule has 0 aliphatic heterocycles. The molecule has 0 fully saturated rings. The van der Waals surface area contributed by atoms with Crippen molar-refractivity contribution in [2.24, 2.45) is 5.73 Å². The third-order valence-corrected chi connectivity index (χ3v) is 4.64. The number of sulfonamides is 1. The van der Waals surface area contributed by atoms with Gasteiger partial charge in [0.15, 0.2) is 0 Å². The Morgan fingerprint density at radius 1 is 1.43 bits per heavy atom. The number of nitro groups is 1. The van der Waals surface area contributed by atoms with Crippen LogP contribution in [0.2, 0.25) is 5.02 Å². The SMILES string of the molecule is NC(=O)CCC(NS(=O)(=O)c1cc([N+](=O)[O-])ccc1Cl)C(=O)O. The molecule has 0 spiro atoms. The molecular formula is C11H12ClN3O7S. The average molecular weight is 366 g/mol. The molecule has 10 nitrogen and oxygen atoms in total. The predicted molar refractivity (Wildman–Crippen MR) is 78.3 cm³/mol. The number of carbonyl (C=O) groups is 2. The van der Waals surface area contributed by atoms with Crippen LogP contribution in [-0.2, 0) is 19.6 Å². The molecule has 1 unspecified atom stereocenters. The number of halogens is 1. The number of rotatable bonds is 8. The molecule has 1 aromatic carbocycles. The number of nitrogens with one attached hydrogen (secondary N) is 1. The van der Waals surface area contributed by atoms with Crippen molar-refractivity contribution in [3.05, 3.63) is 33.3 Å². The van der Waals surface area contributed by atoms with Crippen LogP contribution in [0.25, 0.3) is 0 Å². The third kappa shape index (κ3) is 5.16. The van der Waals surface area contributed by atoms with Gasteiger partial charge in [-0.1, -0.05) is 11.6 Å². The van der Waals surface area contributed by atoms with Crippen molar-refractivity contribution < 1.29 is 28.0 Å². The Hall–Kier alpha value is -2.24.